The largest absolute Gasteiger partial charge is 0.356 e. The maximum absolute atomic E-state index is 5.61. The van der Waals surface area contributed by atoms with Gasteiger partial charge in [0, 0.05) is 19.3 Å². The Morgan fingerprint density at radius 1 is 1.35 bits per heavy atom. The van der Waals surface area contributed by atoms with E-state index in [1.165, 1.54) is 36.8 Å². The predicted molar refractivity (Wildman–Crippen MR) is 86.2 cm³/mol. The normalized spacial score (nSPS) is 19.1. The molecule has 1 fully saturated rings. The molecule has 0 radical (unpaired) electrons. The molecule has 0 aliphatic heterocycles. The molecule has 20 heavy (non-hydrogen) atoms. The van der Waals surface area contributed by atoms with Crippen LogP contribution in [-0.2, 0) is 6.42 Å². The Hall–Kier alpha value is -1.09. The Kier molecular flexibility index (Phi) is 4.69. The zero-order valence-corrected chi connectivity index (χ0v) is 13.4. The second-order valence-corrected chi connectivity index (χ2v) is 7.03. The summed E-state index contributed by atoms with van der Waals surface area (Å²) in [6, 6.07) is 2.87. The van der Waals surface area contributed by atoms with Crippen molar-refractivity contribution in [3.05, 3.63) is 23.4 Å². The highest BCUT2D eigenvalue weighted by atomic mass is 15.2. The molecule has 3 nitrogen and oxygen atoms in total. The first-order chi connectivity index (χ1) is 9.43. The average Bonchev–Trinajstić information content (AvgIpc) is 2.38. The van der Waals surface area contributed by atoms with Crippen molar-refractivity contribution in [3.63, 3.8) is 0 Å². The van der Waals surface area contributed by atoms with Crippen LogP contribution in [0.15, 0.2) is 12.3 Å². The summed E-state index contributed by atoms with van der Waals surface area (Å²) in [5.41, 5.74) is 8.64. The van der Waals surface area contributed by atoms with Crippen LogP contribution in [0.5, 0.6) is 0 Å². The van der Waals surface area contributed by atoms with Gasteiger partial charge in [-0.05, 0) is 62.1 Å². The van der Waals surface area contributed by atoms with Crippen molar-refractivity contribution in [2.45, 2.75) is 58.9 Å². The van der Waals surface area contributed by atoms with Gasteiger partial charge in [0.2, 0.25) is 0 Å². The summed E-state index contributed by atoms with van der Waals surface area (Å²) in [7, 11) is 2.20. The molecule has 2 rings (SSSR count). The lowest BCUT2D eigenvalue weighted by atomic mass is 9.75. The van der Waals surface area contributed by atoms with Crippen LogP contribution in [0.4, 0.5) is 5.82 Å². The minimum absolute atomic E-state index is 0.519. The number of rotatable bonds is 4. The van der Waals surface area contributed by atoms with Crippen LogP contribution in [0.1, 0.15) is 50.7 Å². The van der Waals surface area contributed by atoms with Gasteiger partial charge in [0.15, 0.2) is 0 Å². The third-order valence-electron chi connectivity index (χ3n) is 4.73. The molecule has 1 saturated carbocycles. The molecule has 2 N–H and O–H groups in total. The highest BCUT2D eigenvalue weighted by Gasteiger charge is 2.29. The number of aryl methyl sites for hydroxylation is 1. The summed E-state index contributed by atoms with van der Waals surface area (Å²) in [4.78, 5) is 7.06. The van der Waals surface area contributed by atoms with Crippen LogP contribution in [-0.4, -0.2) is 24.6 Å². The summed E-state index contributed by atoms with van der Waals surface area (Å²) in [6.45, 7) is 7.61. The van der Waals surface area contributed by atoms with Crippen LogP contribution in [0, 0.1) is 12.3 Å². The molecule has 1 aliphatic carbocycles. The van der Waals surface area contributed by atoms with Gasteiger partial charge in [-0.15, -0.1) is 0 Å². The van der Waals surface area contributed by atoms with Gasteiger partial charge >= 0.3 is 0 Å². The third-order valence-corrected chi connectivity index (χ3v) is 4.73. The van der Waals surface area contributed by atoms with Crippen LogP contribution in [0.2, 0.25) is 0 Å². The predicted octanol–water partition coefficient (Wildman–Crippen LogP) is 3.30. The lowest BCUT2D eigenvalue weighted by Gasteiger charge is -2.39. The molecule has 1 heterocycles. The number of anilines is 1. The molecule has 1 aromatic heterocycles. The van der Waals surface area contributed by atoms with Gasteiger partial charge in [-0.25, -0.2) is 4.98 Å². The van der Waals surface area contributed by atoms with E-state index in [1.54, 1.807) is 0 Å². The number of pyridine rings is 1. The van der Waals surface area contributed by atoms with Crippen molar-refractivity contribution in [2.24, 2.45) is 11.1 Å². The first kappa shape index (κ1) is 15.3. The first-order valence-electron chi connectivity index (χ1n) is 7.81. The molecule has 0 spiro atoms. The van der Waals surface area contributed by atoms with E-state index in [4.69, 9.17) is 5.73 Å². The zero-order chi connectivity index (χ0) is 14.8. The van der Waals surface area contributed by atoms with Crippen molar-refractivity contribution in [1.29, 1.82) is 0 Å². The lowest BCUT2D eigenvalue weighted by Crippen LogP contribution is -2.38. The number of aromatic nitrogens is 1. The van der Waals surface area contributed by atoms with Gasteiger partial charge in [0.05, 0.1) is 0 Å². The Labute approximate surface area is 123 Å². The van der Waals surface area contributed by atoms with E-state index in [2.05, 4.69) is 43.8 Å². The Morgan fingerprint density at radius 2 is 2.00 bits per heavy atom. The second-order valence-electron chi connectivity index (χ2n) is 7.03. The molecule has 0 amide bonds. The summed E-state index contributed by atoms with van der Waals surface area (Å²) in [5.74, 6) is 1.13. The van der Waals surface area contributed by atoms with Gasteiger partial charge in [-0.1, -0.05) is 19.9 Å². The molecular formula is C17H29N3. The van der Waals surface area contributed by atoms with Gasteiger partial charge in [0.1, 0.15) is 5.82 Å². The molecule has 1 aliphatic rings. The van der Waals surface area contributed by atoms with E-state index in [9.17, 15) is 0 Å². The smallest absolute Gasteiger partial charge is 0.131 e. The molecule has 112 valence electrons. The Bertz CT molecular complexity index is 444. The fourth-order valence-corrected chi connectivity index (χ4v) is 3.24. The second kappa shape index (κ2) is 6.13. The highest BCUT2D eigenvalue weighted by molar-refractivity contribution is 5.47. The zero-order valence-electron chi connectivity index (χ0n) is 13.4. The van der Waals surface area contributed by atoms with E-state index in [0.717, 1.165) is 12.2 Å². The standard InChI is InChI=1S/C17H29N3/c1-13-11-14(7-10-18)12-19-16(13)20(4)15-5-8-17(2,3)9-6-15/h11-12,15H,5-10,18H2,1-4H3. The average molecular weight is 275 g/mol. The SMILES string of the molecule is Cc1cc(CCN)cnc1N(C)C1CCC(C)(C)CC1. The minimum atomic E-state index is 0.519. The summed E-state index contributed by atoms with van der Waals surface area (Å²) in [5, 5.41) is 0. The van der Waals surface area contributed by atoms with Crippen molar-refractivity contribution < 1.29 is 0 Å². The maximum atomic E-state index is 5.61. The molecule has 3 heteroatoms. The molecule has 0 unspecified atom stereocenters. The van der Waals surface area contributed by atoms with Crippen LogP contribution >= 0.6 is 0 Å². The lowest BCUT2D eigenvalue weighted by molar-refractivity contribution is 0.222. The molecule has 0 bridgehead atoms. The van der Waals surface area contributed by atoms with Crippen molar-refractivity contribution in [1.82, 2.24) is 4.98 Å². The minimum Gasteiger partial charge on any atom is -0.356 e. The molecule has 0 aromatic carbocycles. The van der Waals surface area contributed by atoms with E-state index >= 15 is 0 Å². The van der Waals surface area contributed by atoms with Crippen molar-refractivity contribution in [2.75, 3.05) is 18.5 Å². The highest BCUT2D eigenvalue weighted by Crippen LogP contribution is 2.37. The number of nitrogens with zero attached hydrogens (tertiary/aromatic N) is 2. The van der Waals surface area contributed by atoms with E-state index in [-0.39, 0.29) is 0 Å². The topological polar surface area (TPSA) is 42.1 Å². The molecule has 1 aromatic rings. The van der Waals surface area contributed by atoms with Crippen LogP contribution < -0.4 is 10.6 Å². The Morgan fingerprint density at radius 3 is 2.55 bits per heavy atom. The maximum Gasteiger partial charge on any atom is 0.131 e. The van der Waals surface area contributed by atoms with Gasteiger partial charge in [0.25, 0.3) is 0 Å². The summed E-state index contributed by atoms with van der Waals surface area (Å²) in [6.07, 6.45) is 8.07. The van der Waals surface area contributed by atoms with E-state index < -0.39 is 0 Å². The Balaban J connectivity index is 2.07. The number of hydrogen-bond acceptors (Lipinski definition) is 3. The van der Waals surface area contributed by atoms with Gasteiger partial charge in [-0.3, -0.25) is 0 Å². The van der Waals surface area contributed by atoms with Crippen molar-refractivity contribution in [3.8, 4) is 0 Å². The van der Waals surface area contributed by atoms with Gasteiger partial charge in [-0.2, -0.15) is 0 Å². The fourth-order valence-electron chi connectivity index (χ4n) is 3.24. The summed E-state index contributed by atoms with van der Waals surface area (Å²) >= 11 is 0. The number of hydrogen-bond donors (Lipinski definition) is 1. The van der Waals surface area contributed by atoms with E-state index in [0.29, 0.717) is 18.0 Å². The fraction of sp³-hybridized carbons (Fsp3) is 0.706. The van der Waals surface area contributed by atoms with Gasteiger partial charge < -0.3 is 10.6 Å². The summed E-state index contributed by atoms with van der Waals surface area (Å²) < 4.78 is 0. The first-order valence-corrected chi connectivity index (χ1v) is 7.81. The molecule has 0 saturated heterocycles. The molecule has 0 atom stereocenters. The van der Waals surface area contributed by atoms with Crippen LogP contribution in [0.3, 0.4) is 0 Å². The third kappa shape index (κ3) is 3.51. The van der Waals surface area contributed by atoms with Crippen molar-refractivity contribution >= 4 is 5.82 Å². The molecular weight excluding hydrogens is 246 g/mol. The van der Waals surface area contributed by atoms with E-state index in [1.807, 2.05) is 6.20 Å². The monoisotopic (exact) mass is 275 g/mol. The number of nitrogens with two attached hydrogens (primary N) is 1. The van der Waals surface area contributed by atoms with Crippen LogP contribution in [0.25, 0.3) is 0 Å². The quantitative estimate of drug-likeness (QED) is 0.917.